The Morgan fingerprint density at radius 3 is 2.16 bits per heavy atom. The highest BCUT2D eigenvalue weighted by atomic mass is 35.5. The van der Waals surface area contributed by atoms with Crippen LogP contribution in [0.1, 0.15) is 33.2 Å². The first kappa shape index (κ1) is 17.4. The number of rotatable bonds is 3. The van der Waals surface area contributed by atoms with Crippen LogP contribution >= 0.6 is 23.2 Å². The Morgan fingerprint density at radius 1 is 1.12 bits per heavy atom. The van der Waals surface area contributed by atoms with Crippen LogP contribution in [-0.2, 0) is 4.79 Å². The van der Waals surface area contributed by atoms with Crippen molar-refractivity contribution in [2.75, 3.05) is 5.32 Å². The van der Waals surface area contributed by atoms with E-state index >= 15 is 0 Å². The molecule has 0 spiro atoms. The van der Waals surface area contributed by atoms with E-state index in [1.54, 1.807) is 18.3 Å². The topological polar surface area (TPSA) is 79.4 Å². The Balaban J connectivity index is 1.84. The molecule has 8 heteroatoms. The highest BCUT2D eigenvalue weighted by Crippen LogP contribution is 2.32. The number of halogens is 2. The number of hydrogen-bond acceptors (Lipinski definition) is 4. The number of carbonyl (C=O) groups is 3. The molecule has 0 radical (unpaired) electrons. The van der Waals surface area contributed by atoms with Gasteiger partial charge in [-0.05, 0) is 37.6 Å². The average Bonchev–Trinajstić information content (AvgIpc) is 2.80. The molecule has 128 valence electrons. The Morgan fingerprint density at radius 2 is 1.68 bits per heavy atom. The summed E-state index contributed by atoms with van der Waals surface area (Å²) in [6, 6.07) is 5.09. The summed E-state index contributed by atoms with van der Waals surface area (Å²) in [5.74, 6) is -1.36. The van der Waals surface area contributed by atoms with Gasteiger partial charge in [0.15, 0.2) is 0 Å². The zero-order valence-corrected chi connectivity index (χ0v) is 14.9. The second-order valence-corrected chi connectivity index (χ2v) is 6.49. The van der Waals surface area contributed by atoms with Gasteiger partial charge in [-0.2, -0.15) is 0 Å². The van der Waals surface area contributed by atoms with Crippen molar-refractivity contribution in [1.82, 2.24) is 9.88 Å². The van der Waals surface area contributed by atoms with Gasteiger partial charge >= 0.3 is 0 Å². The average molecular weight is 378 g/mol. The summed E-state index contributed by atoms with van der Waals surface area (Å²) in [6.07, 6.45) is 1.60. The number of nitrogens with zero attached hydrogens (tertiary/aromatic N) is 2. The van der Waals surface area contributed by atoms with Crippen LogP contribution in [0.5, 0.6) is 0 Å². The fourth-order valence-corrected chi connectivity index (χ4v) is 2.82. The third kappa shape index (κ3) is 3.10. The minimum Gasteiger partial charge on any atom is -0.309 e. The predicted octanol–water partition coefficient (Wildman–Crippen LogP) is 3.32. The lowest BCUT2D eigenvalue weighted by Gasteiger charge is -2.21. The van der Waals surface area contributed by atoms with E-state index in [2.05, 4.69) is 10.3 Å². The van der Waals surface area contributed by atoms with Gasteiger partial charge in [0.25, 0.3) is 11.8 Å². The van der Waals surface area contributed by atoms with Crippen molar-refractivity contribution >= 4 is 46.7 Å². The van der Waals surface area contributed by atoms with E-state index < -0.39 is 23.8 Å². The minimum absolute atomic E-state index is 0.132. The molecule has 0 saturated heterocycles. The summed E-state index contributed by atoms with van der Waals surface area (Å²) in [4.78, 5) is 42.4. The van der Waals surface area contributed by atoms with Crippen molar-refractivity contribution in [3.8, 4) is 0 Å². The SMILES string of the molecule is Cc1ccc(NC(=O)[C@H](C)N2C(=O)c3cc(Cl)c(Cl)cc3C2=O)nc1. The molecular weight excluding hydrogens is 365 g/mol. The van der Waals surface area contributed by atoms with E-state index in [-0.39, 0.29) is 21.2 Å². The van der Waals surface area contributed by atoms with Gasteiger partial charge < -0.3 is 5.32 Å². The molecular formula is C17H13Cl2N3O3. The number of nitrogens with one attached hydrogen (secondary N) is 1. The van der Waals surface area contributed by atoms with Gasteiger partial charge in [-0.25, -0.2) is 4.98 Å². The van der Waals surface area contributed by atoms with Crippen molar-refractivity contribution in [3.05, 3.63) is 57.2 Å². The number of carbonyl (C=O) groups excluding carboxylic acids is 3. The van der Waals surface area contributed by atoms with E-state index in [1.165, 1.54) is 19.1 Å². The molecule has 3 amide bonds. The summed E-state index contributed by atoms with van der Waals surface area (Å²) in [5, 5.41) is 2.93. The number of aryl methyl sites for hydroxylation is 1. The summed E-state index contributed by atoms with van der Waals surface area (Å²) in [6.45, 7) is 3.34. The fraction of sp³-hybridized carbons (Fsp3) is 0.176. The number of hydrogen-bond donors (Lipinski definition) is 1. The van der Waals surface area contributed by atoms with Crippen LogP contribution in [0.3, 0.4) is 0 Å². The van der Waals surface area contributed by atoms with E-state index in [1.807, 2.05) is 6.92 Å². The molecule has 0 saturated carbocycles. The van der Waals surface area contributed by atoms with E-state index in [9.17, 15) is 14.4 Å². The van der Waals surface area contributed by atoms with Gasteiger partial charge in [0.1, 0.15) is 11.9 Å². The van der Waals surface area contributed by atoms with Gasteiger partial charge in [0.05, 0.1) is 21.2 Å². The molecule has 0 aliphatic carbocycles. The Hall–Kier alpha value is -2.44. The van der Waals surface area contributed by atoms with Crippen LogP contribution in [0.15, 0.2) is 30.5 Å². The normalized spacial score (nSPS) is 14.5. The molecule has 0 unspecified atom stereocenters. The van der Waals surface area contributed by atoms with Crippen molar-refractivity contribution in [3.63, 3.8) is 0 Å². The Kier molecular flexibility index (Phi) is 4.49. The standard InChI is InChI=1S/C17H13Cl2N3O3/c1-8-3-4-14(20-7-8)21-15(23)9(2)22-16(24)10-5-12(18)13(19)6-11(10)17(22)25/h3-7,9H,1-2H3,(H,20,21,23)/t9-/m0/s1. The van der Waals surface area contributed by atoms with Crippen LogP contribution in [0.2, 0.25) is 10.0 Å². The minimum atomic E-state index is -1.02. The third-order valence-electron chi connectivity index (χ3n) is 3.89. The molecule has 1 N–H and O–H groups in total. The second-order valence-electron chi connectivity index (χ2n) is 5.68. The van der Waals surface area contributed by atoms with Crippen LogP contribution in [-0.4, -0.2) is 33.6 Å². The molecule has 6 nitrogen and oxygen atoms in total. The number of aromatic nitrogens is 1. The maximum absolute atomic E-state index is 12.5. The molecule has 1 atom stereocenters. The Bertz CT molecular complexity index is 856. The second kappa shape index (κ2) is 6.46. The monoisotopic (exact) mass is 377 g/mol. The highest BCUT2D eigenvalue weighted by Gasteiger charge is 2.41. The first-order valence-electron chi connectivity index (χ1n) is 7.40. The number of pyridine rings is 1. The summed E-state index contributed by atoms with van der Waals surface area (Å²) in [7, 11) is 0. The molecule has 1 aliphatic rings. The molecule has 1 aromatic carbocycles. The van der Waals surface area contributed by atoms with Crippen molar-refractivity contribution < 1.29 is 14.4 Å². The molecule has 3 rings (SSSR count). The first-order valence-corrected chi connectivity index (χ1v) is 8.15. The zero-order valence-electron chi connectivity index (χ0n) is 13.3. The van der Waals surface area contributed by atoms with Crippen LogP contribution in [0, 0.1) is 6.92 Å². The Labute approximate surface area is 153 Å². The summed E-state index contributed by atoms with van der Waals surface area (Å²) < 4.78 is 0. The quantitative estimate of drug-likeness (QED) is 0.831. The maximum Gasteiger partial charge on any atom is 0.262 e. The highest BCUT2D eigenvalue weighted by molar-refractivity contribution is 6.43. The van der Waals surface area contributed by atoms with E-state index in [0.717, 1.165) is 10.5 Å². The first-order chi connectivity index (χ1) is 11.8. The number of imide groups is 1. The summed E-state index contributed by atoms with van der Waals surface area (Å²) in [5.41, 5.74) is 1.21. The van der Waals surface area contributed by atoms with Gasteiger partial charge in [-0.1, -0.05) is 29.3 Å². The number of amides is 3. The van der Waals surface area contributed by atoms with Gasteiger partial charge in [-0.3, -0.25) is 19.3 Å². The zero-order chi connectivity index (χ0) is 18.3. The molecule has 1 aromatic heterocycles. The van der Waals surface area contributed by atoms with Crippen molar-refractivity contribution in [2.45, 2.75) is 19.9 Å². The van der Waals surface area contributed by atoms with Crippen LogP contribution in [0.25, 0.3) is 0 Å². The fourth-order valence-electron chi connectivity index (χ4n) is 2.49. The molecule has 0 bridgehead atoms. The maximum atomic E-state index is 12.5. The molecule has 0 fully saturated rings. The van der Waals surface area contributed by atoms with E-state index in [0.29, 0.717) is 5.82 Å². The van der Waals surface area contributed by atoms with Gasteiger partial charge in [0.2, 0.25) is 5.91 Å². The van der Waals surface area contributed by atoms with E-state index in [4.69, 9.17) is 23.2 Å². The molecule has 2 heterocycles. The van der Waals surface area contributed by atoms with Gasteiger partial charge in [0, 0.05) is 6.20 Å². The lowest BCUT2D eigenvalue weighted by Crippen LogP contribution is -2.45. The summed E-state index contributed by atoms with van der Waals surface area (Å²) >= 11 is 11.8. The van der Waals surface area contributed by atoms with Crippen LogP contribution < -0.4 is 5.32 Å². The predicted molar refractivity (Wildman–Crippen MR) is 94.0 cm³/mol. The molecule has 2 aromatic rings. The largest absolute Gasteiger partial charge is 0.309 e. The number of anilines is 1. The third-order valence-corrected chi connectivity index (χ3v) is 4.61. The lowest BCUT2D eigenvalue weighted by atomic mass is 10.1. The van der Waals surface area contributed by atoms with Gasteiger partial charge in [-0.15, -0.1) is 0 Å². The smallest absolute Gasteiger partial charge is 0.262 e. The lowest BCUT2D eigenvalue weighted by molar-refractivity contribution is -0.119. The number of fused-ring (bicyclic) bond motifs is 1. The van der Waals surface area contributed by atoms with Crippen LogP contribution in [0.4, 0.5) is 5.82 Å². The van der Waals surface area contributed by atoms with Crippen molar-refractivity contribution in [2.24, 2.45) is 0 Å². The van der Waals surface area contributed by atoms with Crippen molar-refractivity contribution in [1.29, 1.82) is 0 Å². The molecule has 25 heavy (non-hydrogen) atoms. The molecule has 1 aliphatic heterocycles. The number of benzene rings is 1.